The zero-order valence-electron chi connectivity index (χ0n) is 19.2. The summed E-state index contributed by atoms with van der Waals surface area (Å²) < 4.78 is 5.82. The Balaban J connectivity index is 1.54. The fourth-order valence-electron chi connectivity index (χ4n) is 4.23. The van der Waals surface area contributed by atoms with E-state index in [2.05, 4.69) is 27.4 Å². The highest BCUT2D eigenvalue weighted by Gasteiger charge is 2.26. The molecule has 3 aromatic rings. The first kappa shape index (κ1) is 23.7. The molecule has 2 aromatic carbocycles. The molecule has 0 bridgehead atoms. The minimum Gasteiger partial charge on any atom is -0.457 e. The van der Waals surface area contributed by atoms with Crippen molar-refractivity contribution in [2.24, 2.45) is 0 Å². The smallest absolute Gasteiger partial charge is 0.288 e. The van der Waals surface area contributed by atoms with Gasteiger partial charge in [-0.25, -0.2) is 5.10 Å². The fourth-order valence-corrected chi connectivity index (χ4v) is 4.23. The standard InChI is InChI=1S/C26H28N6O3/c1-2-21(33)29-17-7-6-8-18(15-17)30-24-22(25(28)31-32-26(24)34)23(27)16-11-13-20(14-12-16)35-19-9-4-3-5-10-19/h2-5,9-14,17-18,27H,1,6-8,15H2,(H,29,33)(H,32,34)(H3,28,30,31). The Bertz CT molecular complexity index is 1270. The van der Waals surface area contributed by atoms with Crippen LogP contribution < -0.4 is 26.7 Å². The van der Waals surface area contributed by atoms with Crippen LogP contribution in [0, 0.1) is 5.41 Å². The molecule has 1 aliphatic rings. The van der Waals surface area contributed by atoms with Gasteiger partial charge < -0.3 is 21.1 Å². The SMILES string of the molecule is C=CC(=O)NC1CCCC(Nc2c(C(=N)c3ccc(Oc4ccccc4)cc3)c(N)n[nH]c2=O)C1. The third-order valence-electron chi connectivity index (χ3n) is 5.94. The first-order chi connectivity index (χ1) is 16.9. The predicted molar refractivity (Wildman–Crippen MR) is 136 cm³/mol. The largest absolute Gasteiger partial charge is 0.457 e. The first-order valence-electron chi connectivity index (χ1n) is 11.4. The lowest BCUT2D eigenvalue weighted by Crippen LogP contribution is -2.42. The fraction of sp³-hybridized carbons (Fsp3) is 0.231. The molecule has 180 valence electrons. The number of aromatic amines is 1. The lowest BCUT2D eigenvalue weighted by atomic mass is 9.90. The van der Waals surface area contributed by atoms with Crippen molar-refractivity contribution < 1.29 is 9.53 Å². The molecule has 9 nitrogen and oxygen atoms in total. The van der Waals surface area contributed by atoms with Gasteiger partial charge in [0, 0.05) is 17.6 Å². The quantitative estimate of drug-likeness (QED) is 0.250. The number of carbonyl (C=O) groups excluding carboxylic acids is 1. The molecule has 1 fully saturated rings. The van der Waals surface area contributed by atoms with Crippen LogP contribution in [0.2, 0.25) is 0 Å². The van der Waals surface area contributed by atoms with Gasteiger partial charge in [0.05, 0.1) is 11.3 Å². The summed E-state index contributed by atoms with van der Waals surface area (Å²) in [7, 11) is 0. The normalized spacial score (nSPS) is 17.3. The molecule has 0 aliphatic heterocycles. The zero-order valence-corrected chi connectivity index (χ0v) is 19.2. The van der Waals surface area contributed by atoms with E-state index in [1.54, 1.807) is 24.3 Å². The Hall–Kier alpha value is -4.40. The van der Waals surface area contributed by atoms with Crippen LogP contribution >= 0.6 is 0 Å². The van der Waals surface area contributed by atoms with Gasteiger partial charge in [0.25, 0.3) is 5.56 Å². The summed E-state index contributed by atoms with van der Waals surface area (Å²) in [6, 6.07) is 16.3. The van der Waals surface area contributed by atoms with Gasteiger partial charge in [-0.2, -0.15) is 5.10 Å². The van der Waals surface area contributed by atoms with Gasteiger partial charge in [0.1, 0.15) is 17.2 Å². The van der Waals surface area contributed by atoms with Crippen molar-refractivity contribution in [3.63, 3.8) is 0 Å². The third-order valence-corrected chi connectivity index (χ3v) is 5.94. The molecule has 0 saturated heterocycles. The van der Waals surface area contributed by atoms with E-state index in [1.165, 1.54) is 6.08 Å². The van der Waals surface area contributed by atoms with Gasteiger partial charge in [-0.3, -0.25) is 15.0 Å². The van der Waals surface area contributed by atoms with Gasteiger partial charge in [-0.15, -0.1) is 0 Å². The van der Waals surface area contributed by atoms with Crippen LogP contribution in [0.15, 0.2) is 72.0 Å². The summed E-state index contributed by atoms with van der Waals surface area (Å²) >= 11 is 0. The second kappa shape index (κ2) is 10.7. The number of nitrogens with one attached hydrogen (secondary N) is 4. The van der Waals surface area contributed by atoms with Crippen LogP contribution in [0.3, 0.4) is 0 Å². The number of amides is 1. The van der Waals surface area contributed by atoms with Crippen LogP contribution in [0.4, 0.5) is 11.5 Å². The van der Waals surface area contributed by atoms with Gasteiger partial charge >= 0.3 is 0 Å². The number of nitrogens with zero attached hydrogens (tertiary/aromatic N) is 1. The molecule has 2 unspecified atom stereocenters. The molecular weight excluding hydrogens is 444 g/mol. The van der Waals surface area contributed by atoms with Crippen molar-refractivity contribution in [1.82, 2.24) is 15.5 Å². The molecule has 1 amide bonds. The summed E-state index contributed by atoms with van der Waals surface area (Å²) in [6.45, 7) is 3.49. The Morgan fingerprint density at radius 2 is 1.80 bits per heavy atom. The van der Waals surface area contributed by atoms with Crippen molar-refractivity contribution >= 4 is 23.1 Å². The van der Waals surface area contributed by atoms with Crippen molar-refractivity contribution in [1.29, 1.82) is 5.41 Å². The number of aromatic nitrogens is 2. The minimum atomic E-state index is -0.458. The molecule has 0 radical (unpaired) electrons. The molecule has 1 aliphatic carbocycles. The van der Waals surface area contributed by atoms with E-state index in [-0.39, 0.29) is 40.8 Å². The average molecular weight is 473 g/mol. The second-order valence-corrected chi connectivity index (χ2v) is 8.42. The molecule has 1 saturated carbocycles. The van der Waals surface area contributed by atoms with E-state index < -0.39 is 5.56 Å². The van der Waals surface area contributed by atoms with E-state index in [9.17, 15) is 9.59 Å². The Morgan fingerprint density at radius 3 is 2.51 bits per heavy atom. The molecule has 1 aromatic heterocycles. The number of nitrogen functional groups attached to an aromatic ring is 1. The maximum Gasteiger partial charge on any atom is 0.288 e. The minimum absolute atomic E-state index is 0.0231. The van der Waals surface area contributed by atoms with Crippen LogP contribution in [-0.4, -0.2) is 33.9 Å². The number of ether oxygens (including phenoxy) is 1. The summed E-state index contributed by atoms with van der Waals surface area (Å²) in [4.78, 5) is 24.4. The third kappa shape index (κ3) is 5.75. The van der Waals surface area contributed by atoms with Gasteiger partial charge in [-0.05, 0) is 68.2 Å². The van der Waals surface area contributed by atoms with Gasteiger partial charge in [0.15, 0.2) is 5.82 Å². The van der Waals surface area contributed by atoms with E-state index in [4.69, 9.17) is 15.9 Å². The molecule has 6 N–H and O–H groups in total. The maximum atomic E-state index is 12.7. The number of rotatable bonds is 8. The number of benzene rings is 2. The molecule has 4 rings (SSSR count). The molecular formula is C26H28N6O3. The van der Waals surface area contributed by atoms with Crippen LogP contribution in [0.1, 0.15) is 36.8 Å². The van der Waals surface area contributed by atoms with E-state index in [0.29, 0.717) is 23.5 Å². The number of para-hydroxylation sites is 1. The van der Waals surface area contributed by atoms with Crippen molar-refractivity contribution in [3.05, 3.63) is 88.7 Å². The van der Waals surface area contributed by atoms with E-state index >= 15 is 0 Å². The summed E-state index contributed by atoms with van der Waals surface area (Å²) in [6.07, 6.45) is 4.45. The number of hydrogen-bond donors (Lipinski definition) is 5. The molecule has 35 heavy (non-hydrogen) atoms. The predicted octanol–water partition coefficient (Wildman–Crippen LogP) is 3.59. The van der Waals surface area contributed by atoms with Gasteiger partial charge in [-0.1, -0.05) is 24.8 Å². The van der Waals surface area contributed by atoms with Crippen LogP contribution in [0.5, 0.6) is 11.5 Å². The highest BCUT2D eigenvalue weighted by Crippen LogP contribution is 2.27. The maximum absolute atomic E-state index is 12.7. The number of anilines is 2. The summed E-state index contributed by atoms with van der Waals surface area (Å²) in [5, 5.41) is 21.3. The Labute approximate surface area is 202 Å². The lowest BCUT2D eigenvalue weighted by Gasteiger charge is -2.31. The second-order valence-electron chi connectivity index (χ2n) is 8.42. The lowest BCUT2D eigenvalue weighted by molar-refractivity contribution is -0.117. The monoisotopic (exact) mass is 472 g/mol. The number of nitrogens with two attached hydrogens (primary N) is 1. The number of hydrogen-bond acceptors (Lipinski definition) is 7. The molecule has 1 heterocycles. The topological polar surface area (TPSA) is 146 Å². The Kier molecular flexibility index (Phi) is 7.25. The first-order valence-corrected chi connectivity index (χ1v) is 11.4. The number of H-pyrrole nitrogens is 1. The van der Waals surface area contributed by atoms with Crippen LogP contribution in [0.25, 0.3) is 0 Å². The summed E-state index contributed by atoms with van der Waals surface area (Å²) in [5.41, 5.74) is 6.74. The highest BCUT2D eigenvalue weighted by atomic mass is 16.5. The van der Waals surface area contributed by atoms with Crippen molar-refractivity contribution in [2.75, 3.05) is 11.1 Å². The average Bonchev–Trinajstić information content (AvgIpc) is 2.87. The van der Waals surface area contributed by atoms with E-state index in [0.717, 1.165) is 19.3 Å². The van der Waals surface area contributed by atoms with Gasteiger partial charge in [0.2, 0.25) is 5.91 Å². The highest BCUT2D eigenvalue weighted by molar-refractivity contribution is 6.16. The number of carbonyl (C=O) groups is 1. The summed E-state index contributed by atoms with van der Waals surface area (Å²) in [5.74, 6) is 1.16. The zero-order chi connectivity index (χ0) is 24.8. The van der Waals surface area contributed by atoms with Crippen molar-refractivity contribution in [3.8, 4) is 11.5 Å². The van der Waals surface area contributed by atoms with Crippen molar-refractivity contribution in [2.45, 2.75) is 37.8 Å². The molecule has 2 atom stereocenters. The molecule has 0 spiro atoms. The van der Waals surface area contributed by atoms with E-state index in [1.807, 2.05) is 30.3 Å². The Morgan fingerprint density at radius 1 is 1.11 bits per heavy atom. The van der Waals surface area contributed by atoms with Crippen LogP contribution in [-0.2, 0) is 4.79 Å². The molecule has 9 heteroatoms.